The molecule has 0 radical (unpaired) electrons. The van der Waals surface area contributed by atoms with E-state index in [1.165, 1.54) is 11.3 Å². The van der Waals surface area contributed by atoms with Gasteiger partial charge in [-0.1, -0.05) is 54.1 Å². The lowest BCUT2D eigenvalue weighted by Gasteiger charge is -2.14. The quantitative estimate of drug-likeness (QED) is 0.619. The highest BCUT2D eigenvalue weighted by molar-refractivity contribution is 7.21. The maximum absolute atomic E-state index is 12.4. The van der Waals surface area contributed by atoms with Crippen molar-refractivity contribution in [3.05, 3.63) is 69.6 Å². The van der Waals surface area contributed by atoms with Crippen molar-refractivity contribution in [1.82, 2.24) is 15.5 Å². The minimum Gasteiger partial charge on any atom is -0.350 e. The van der Waals surface area contributed by atoms with Crippen LogP contribution in [0.4, 0.5) is 0 Å². The maximum atomic E-state index is 12.4. The summed E-state index contributed by atoms with van der Waals surface area (Å²) in [6, 6.07) is 15.6. The number of nitrogens with one attached hydrogen (secondary N) is 2. The summed E-state index contributed by atoms with van der Waals surface area (Å²) < 4.78 is 0.944. The zero-order valence-electron chi connectivity index (χ0n) is 15.8. The van der Waals surface area contributed by atoms with E-state index in [9.17, 15) is 9.59 Å². The van der Waals surface area contributed by atoms with Crippen LogP contribution in [0.25, 0.3) is 10.1 Å². The summed E-state index contributed by atoms with van der Waals surface area (Å²) in [5, 5.41) is 6.78. The van der Waals surface area contributed by atoms with E-state index >= 15 is 0 Å². The van der Waals surface area contributed by atoms with Crippen LogP contribution in [0.5, 0.6) is 0 Å². The number of hydrogen-bond acceptors (Lipinski definition) is 4. The van der Waals surface area contributed by atoms with Crippen molar-refractivity contribution in [2.75, 3.05) is 20.6 Å². The molecule has 0 bridgehead atoms. The molecule has 0 unspecified atom stereocenters. The summed E-state index contributed by atoms with van der Waals surface area (Å²) in [6.07, 6.45) is 0. The smallest absolute Gasteiger partial charge is 0.263 e. The van der Waals surface area contributed by atoms with E-state index in [0.29, 0.717) is 16.4 Å². The fraction of sp³-hybridized carbons (Fsp3) is 0.238. The van der Waals surface area contributed by atoms with Crippen molar-refractivity contribution in [1.29, 1.82) is 0 Å². The van der Waals surface area contributed by atoms with Gasteiger partial charge in [0.15, 0.2) is 0 Å². The average molecular weight is 416 g/mol. The van der Waals surface area contributed by atoms with Crippen molar-refractivity contribution < 1.29 is 9.59 Å². The van der Waals surface area contributed by atoms with Gasteiger partial charge in [0.1, 0.15) is 4.88 Å². The molecule has 2 aromatic carbocycles. The zero-order valence-corrected chi connectivity index (χ0v) is 17.4. The fourth-order valence-electron chi connectivity index (χ4n) is 2.88. The molecule has 0 saturated carbocycles. The van der Waals surface area contributed by atoms with Gasteiger partial charge < -0.3 is 15.5 Å². The molecule has 2 N–H and O–H groups in total. The van der Waals surface area contributed by atoms with Crippen molar-refractivity contribution in [2.24, 2.45) is 0 Å². The van der Waals surface area contributed by atoms with E-state index in [4.69, 9.17) is 11.6 Å². The molecule has 0 spiro atoms. The number of thiophene rings is 1. The Balaban J connectivity index is 1.56. The molecule has 0 fully saturated rings. The predicted octanol–water partition coefficient (Wildman–Crippen LogP) is 3.66. The van der Waals surface area contributed by atoms with Crippen LogP contribution >= 0.6 is 22.9 Å². The lowest BCUT2D eigenvalue weighted by Crippen LogP contribution is -2.36. The second kappa shape index (κ2) is 9.19. The molecule has 0 saturated heterocycles. The molecule has 28 heavy (non-hydrogen) atoms. The van der Waals surface area contributed by atoms with Gasteiger partial charge in [-0.25, -0.2) is 0 Å². The van der Waals surface area contributed by atoms with Gasteiger partial charge in [-0.05, 0) is 31.3 Å². The Labute approximate surface area is 173 Å². The normalized spacial score (nSPS) is 11.0. The number of nitrogens with zero attached hydrogens (tertiary/aromatic N) is 1. The molecule has 0 aliphatic rings. The van der Waals surface area contributed by atoms with Crippen LogP contribution in [0, 0.1) is 0 Å². The highest BCUT2D eigenvalue weighted by Crippen LogP contribution is 2.34. The minimum absolute atomic E-state index is 0.0980. The van der Waals surface area contributed by atoms with Crippen LogP contribution in [0.15, 0.2) is 48.5 Å². The topological polar surface area (TPSA) is 61.4 Å². The lowest BCUT2D eigenvalue weighted by molar-refractivity contribution is -0.120. The third kappa shape index (κ3) is 4.90. The van der Waals surface area contributed by atoms with Crippen molar-refractivity contribution >= 4 is 44.8 Å². The Morgan fingerprint density at radius 3 is 2.39 bits per heavy atom. The van der Waals surface area contributed by atoms with Gasteiger partial charge in [0.05, 0.1) is 11.6 Å². The molecule has 5 nitrogen and oxygen atoms in total. The molecule has 1 heterocycles. The van der Waals surface area contributed by atoms with Gasteiger partial charge >= 0.3 is 0 Å². The first kappa shape index (κ1) is 20.3. The van der Waals surface area contributed by atoms with Gasteiger partial charge in [-0.2, -0.15) is 0 Å². The Bertz CT molecular complexity index is 1000. The third-order valence-electron chi connectivity index (χ3n) is 4.23. The van der Waals surface area contributed by atoms with Crippen molar-refractivity contribution in [3.63, 3.8) is 0 Å². The molecule has 0 atom stereocenters. The second-order valence-corrected chi connectivity index (χ2v) is 8.14. The number of rotatable bonds is 7. The molecule has 2 amide bonds. The number of halogens is 1. The number of carbonyl (C=O) groups is 2. The Kier molecular flexibility index (Phi) is 6.67. The molecule has 3 aromatic rings. The summed E-state index contributed by atoms with van der Waals surface area (Å²) in [5.41, 5.74) is 2.22. The largest absolute Gasteiger partial charge is 0.350 e. The molecule has 3 rings (SSSR count). The first-order valence-electron chi connectivity index (χ1n) is 8.89. The fourth-order valence-corrected chi connectivity index (χ4v) is 4.32. The summed E-state index contributed by atoms with van der Waals surface area (Å²) in [6.45, 7) is 1.12. The zero-order chi connectivity index (χ0) is 20.1. The van der Waals surface area contributed by atoms with E-state index < -0.39 is 0 Å². The summed E-state index contributed by atoms with van der Waals surface area (Å²) in [5.74, 6) is -0.584. The molecule has 0 aliphatic carbocycles. The number of carbonyl (C=O) groups excluding carboxylic acids is 2. The average Bonchev–Trinajstić information content (AvgIpc) is 3.02. The molecule has 146 valence electrons. The minimum atomic E-state index is -0.339. The molecule has 0 aliphatic heterocycles. The number of fused-ring (bicyclic) bond motifs is 1. The van der Waals surface area contributed by atoms with E-state index in [-0.39, 0.29) is 18.4 Å². The molecular formula is C21H22ClN3O2S. The van der Waals surface area contributed by atoms with Gasteiger partial charge in [0, 0.05) is 23.2 Å². The number of hydrogen-bond donors (Lipinski definition) is 2. The Hall–Kier alpha value is -2.41. The first-order valence-corrected chi connectivity index (χ1v) is 10.1. The second-order valence-electron chi connectivity index (χ2n) is 6.71. The summed E-state index contributed by atoms with van der Waals surface area (Å²) >= 11 is 7.63. The van der Waals surface area contributed by atoms with Crippen LogP contribution < -0.4 is 10.6 Å². The van der Waals surface area contributed by atoms with Crippen molar-refractivity contribution in [3.8, 4) is 0 Å². The van der Waals surface area contributed by atoms with Crippen molar-refractivity contribution in [2.45, 2.75) is 13.1 Å². The van der Waals surface area contributed by atoms with Crippen LogP contribution in [0.1, 0.15) is 20.8 Å². The van der Waals surface area contributed by atoms with Crippen LogP contribution in [0.2, 0.25) is 5.02 Å². The van der Waals surface area contributed by atoms with Gasteiger partial charge in [0.2, 0.25) is 5.91 Å². The lowest BCUT2D eigenvalue weighted by atomic mass is 10.1. The third-order valence-corrected chi connectivity index (χ3v) is 5.91. The van der Waals surface area contributed by atoms with Gasteiger partial charge in [-0.15, -0.1) is 11.3 Å². The highest BCUT2D eigenvalue weighted by Gasteiger charge is 2.17. The molecular weight excluding hydrogens is 394 g/mol. The van der Waals surface area contributed by atoms with Crippen LogP contribution in [-0.2, 0) is 17.9 Å². The Morgan fingerprint density at radius 1 is 1.00 bits per heavy atom. The van der Waals surface area contributed by atoms with Crippen LogP contribution in [0.3, 0.4) is 0 Å². The molecule has 1 aromatic heterocycles. The first-order chi connectivity index (χ1) is 13.5. The SMILES string of the molecule is CN(C)Cc1ccccc1CNC(=O)CNC(=O)c1sc2ccccc2c1Cl. The van der Waals surface area contributed by atoms with E-state index in [1.807, 2.05) is 62.6 Å². The van der Waals surface area contributed by atoms with Gasteiger partial charge in [0.25, 0.3) is 5.91 Å². The predicted molar refractivity (Wildman–Crippen MR) is 115 cm³/mol. The molecule has 7 heteroatoms. The van der Waals surface area contributed by atoms with E-state index in [0.717, 1.165) is 27.8 Å². The standard InChI is InChI=1S/C21H22ClN3O2S/c1-25(2)13-15-8-4-3-7-14(15)11-23-18(26)12-24-21(27)20-19(22)16-9-5-6-10-17(16)28-20/h3-10H,11-13H2,1-2H3,(H,23,26)(H,24,27). The van der Waals surface area contributed by atoms with E-state index in [2.05, 4.69) is 15.5 Å². The number of benzene rings is 2. The Morgan fingerprint density at radius 2 is 1.68 bits per heavy atom. The summed E-state index contributed by atoms with van der Waals surface area (Å²) in [4.78, 5) is 27.1. The monoisotopic (exact) mass is 415 g/mol. The highest BCUT2D eigenvalue weighted by atomic mass is 35.5. The maximum Gasteiger partial charge on any atom is 0.263 e. The van der Waals surface area contributed by atoms with Gasteiger partial charge in [-0.3, -0.25) is 9.59 Å². The van der Waals surface area contributed by atoms with Crippen LogP contribution in [-0.4, -0.2) is 37.4 Å². The van der Waals surface area contributed by atoms with E-state index in [1.54, 1.807) is 0 Å². The summed E-state index contributed by atoms with van der Waals surface area (Å²) in [7, 11) is 4.01. The number of amides is 2.